The molecule has 4 nitrogen and oxygen atoms in total. The average molecular weight is 392 g/mol. The molecule has 2 amide bonds. The van der Waals surface area contributed by atoms with E-state index in [0.29, 0.717) is 16.1 Å². The number of carbonyl (C=O) groups is 2. The Balaban J connectivity index is 1.82. The number of halogens is 1. The molecule has 0 atom stereocenters. The third kappa shape index (κ3) is 3.01. The standard InChI is InChI=1S/C22H17FN2O2S/c1-13-5-3-6-17(14(13)2)24-20-19(18-7-4-12-28-18)21(26)25(22(20)27)16-10-8-15(23)9-11-16/h3-12,24H,1-2H3. The molecule has 4 rings (SSSR count). The highest BCUT2D eigenvalue weighted by molar-refractivity contribution is 7.11. The fraction of sp³-hybridized carbons (Fsp3) is 0.0909. The monoisotopic (exact) mass is 392 g/mol. The smallest absolute Gasteiger partial charge is 0.282 e. The van der Waals surface area contributed by atoms with E-state index in [1.54, 1.807) is 0 Å². The summed E-state index contributed by atoms with van der Waals surface area (Å²) in [6.07, 6.45) is 0. The molecular formula is C22H17FN2O2S. The maximum atomic E-state index is 13.3. The van der Waals surface area contributed by atoms with E-state index in [1.807, 2.05) is 49.6 Å². The van der Waals surface area contributed by atoms with Crippen molar-refractivity contribution in [2.24, 2.45) is 0 Å². The minimum Gasteiger partial charge on any atom is -0.350 e. The first kappa shape index (κ1) is 18.1. The second kappa shape index (κ2) is 7.05. The number of anilines is 2. The summed E-state index contributed by atoms with van der Waals surface area (Å²) in [4.78, 5) is 28.2. The van der Waals surface area contributed by atoms with Gasteiger partial charge in [0.15, 0.2) is 0 Å². The summed E-state index contributed by atoms with van der Waals surface area (Å²) in [6, 6.07) is 14.7. The number of benzene rings is 2. The molecule has 1 aliphatic rings. The molecule has 0 unspecified atom stereocenters. The number of nitrogens with one attached hydrogen (secondary N) is 1. The molecular weight excluding hydrogens is 375 g/mol. The summed E-state index contributed by atoms with van der Waals surface area (Å²) in [6.45, 7) is 3.95. The van der Waals surface area contributed by atoms with Crippen LogP contribution in [0.15, 0.2) is 65.7 Å². The van der Waals surface area contributed by atoms with Gasteiger partial charge in [0.1, 0.15) is 11.5 Å². The number of rotatable bonds is 4. The van der Waals surface area contributed by atoms with Crippen molar-refractivity contribution < 1.29 is 14.0 Å². The summed E-state index contributed by atoms with van der Waals surface area (Å²) >= 11 is 1.39. The molecule has 1 N–H and O–H groups in total. The van der Waals surface area contributed by atoms with E-state index in [4.69, 9.17) is 0 Å². The normalized spacial score (nSPS) is 14.2. The molecule has 0 aliphatic carbocycles. The van der Waals surface area contributed by atoms with Gasteiger partial charge in [-0.15, -0.1) is 11.3 Å². The van der Waals surface area contributed by atoms with Gasteiger partial charge in [-0.2, -0.15) is 0 Å². The first-order chi connectivity index (χ1) is 13.5. The van der Waals surface area contributed by atoms with Crippen molar-refractivity contribution >= 4 is 40.1 Å². The number of thiophene rings is 1. The van der Waals surface area contributed by atoms with E-state index in [2.05, 4.69) is 5.32 Å². The van der Waals surface area contributed by atoms with Crippen molar-refractivity contribution in [1.82, 2.24) is 0 Å². The number of amides is 2. The summed E-state index contributed by atoms with van der Waals surface area (Å²) in [5.74, 6) is -1.31. The number of hydrogen-bond donors (Lipinski definition) is 1. The largest absolute Gasteiger partial charge is 0.350 e. The Labute approximate surface area is 165 Å². The van der Waals surface area contributed by atoms with E-state index < -0.39 is 17.6 Å². The summed E-state index contributed by atoms with van der Waals surface area (Å²) in [5.41, 5.74) is 3.74. The molecule has 0 spiro atoms. The number of carbonyl (C=O) groups excluding carboxylic acids is 2. The quantitative estimate of drug-likeness (QED) is 0.643. The van der Waals surface area contributed by atoms with Crippen molar-refractivity contribution in [2.75, 3.05) is 10.2 Å². The van der Waals surface area contributed by atoms with Crippen LogP contribution in [0, 0.1) is 19.7 Å². The molecule has 0 saturated heterocycles. The second-order valence-electron chi connectivity index (χ2n) is 6.52. The predicted molar refractivity (Wildman–Crippen MR) is 110 cm³/mol. The van der Waals surface area contributed by atoms with Crippen molar-refractivity contribution in [1.29, 1.82) is 0 Å². The molecule has 1 aromatic heterocycles. The van der Waals surface area contributed by atoms with E-state index in [0.717, 1.165) is 21.7 Å². The highest BCUT2D eigenvalue weighted by atomic mass is 32.1. The van der Waals surface area contributed by atoms with Crippen LogP contribution in [0.4, 0.5) is 15.8 Å². The van der Waals surface area contributed by atoms with E-state index >= 15 is 0 Å². The van der Waals surface area contributed by atoms with Crippen molar-refractivity contribution in [3.05, 3.63) is 87.5 Å². The van der Waals surface area contributed by atoms with Crippen molar-refractivity contribution in [3.63, 3.8) is 0 Å². The van der Waals surface area contributed by atoms with Gasteiger partial charge in [-0.3, -0.25) is 9.59 Å². The summed E-state index contributed by atoms with van der Waals surface area (Å²) in [7, 11) is 0. The summed E-state index contributed by atoms with van der Waals surface area (Å²) in [5, 5.41) is 5.04. The fourth-order valence-corrected chi connectivity index (χ4v) is 3.91. The lowest BCUT2D eigenvalue weighted by Crippen LogP contribution is -2.32. The molecule has 28 heavy (non-hydrogen) atoms. The zero-order valence-electron chi connectivity index (χ0n) is 15.3. The lowest BCUT2D eigenvalue weighted by molar-refractivity contribution is -0.120. The Morgan fingerprint density at radius 3 is 2.36 bits per heavy atom. The third-order valence-electron chi connectivity index (χ3n) is 4.80. The summed E-state index contributed by atoms with van der Waals surface area (Å²) < 4.78 is 13.3. The molecule has 0 radical (unpaired) electrons. The number of aryl methyl sites for hydroxylation is 1. The molecule has 3 aromatic rings. The van der Waals surface area contributed by atoms with Gasteiger partial charge in [-0.05, 0) is 66.8 Å². The number of hydrogen-bond acceptors (Lipinski definition) is 4. The van der Waals surface area contributed by atoms with Crippen LogP contribution in [0.25, 0.3) is 5.57 Å². The minimum atomic E-state index is -0.457. The molecule has 140 valence electrons. The van der Waals surface area contributed by atoms with Gasteiger partial charge in [-0.1, -0.05) is 18.2 Å². The Morgan fingerprint density at radius 2 is 1.68 bits per heavy atom. The second-order valence-corrected chi connectivity index (χ2v) is 7.47. The lowest BCUT2D eigenvalue weighted by Gasteiger charge is -2.16. The van der Waals surface area contributed by atoms with Gasteiger partial charge < -0.3 is 5.32 Å². The van der Waals surface area contributed by atoms with Crippen LogP contribution in [0.1, 0.15) is 16.0 Å². The molecule has 0 fully saturated rings. The molecule has 0 bridgehead atoms. The first-order valence-corrected chi connectivity index (χ1v) is 9.61. The fourth-order valence-electron chi connectivity index (χ4n) is 3.14. The van der Waals surface area contributed by atoms with Gasteiger partial charge in [0, 0.05) is 10.6 Å². The Hall–Kier alpha value is -3.25. The third-order valence-corrected chi connectivity index (χ3v) is 5.69. The van der Waals surface area contributed by atoms with E-state index in [1.165, 1.54) is 35.6 Å². The van der Waals surface area contributed by atoms with Crippen LogP contribution < -0.4 is 10.2 Å². The Bertz CT molecular complexity index is 1100. The topological polar surface area (TPSA) is 49.4 Å². The highest BCUT2D eigenvalue weighted by Crippen LogP contribution is 2.36. The SMILES string of the molecule is Cc1cccc(NC2=C(c3cccs3)C(=O)N(c3ccc(F)cc3)C2=O)c1C. The molecule has 2 aromatic carbocycles. The van der Waals surface area contributed by atoms with Crippen molar-refractivity contribution in [2.45, 2.75) is 13.8 Å². The first-order valence-electron chi connectivity index (χ1n) is 8.73. The lowest BCUT2D eigenvalue weighted by atomic mass is 10.1. The molecule has 6 heteroatoms. The predicted octanol–water partition coefficient (Wildman–Crippen LogP) is 4.90. The molecule has 2 heterocycles. The average Bonchev–Trinajstić information content (AvgIpc) is 3.27. The van der Waals surface area contributed by atoms with Gasteiger partial charge in [0.05, 0.1) is 11.3 Å². The zero-order chi connectivity index (χ0) is 19.8. The van der Waals surface area contributed by atoms with Gasteiger partial charge in [-0.25, -0.2) is 9.29 Å². The maximum Gasteiger partial charge on any atom is 0.282 e. The van der Waals surface area contributed by atoms with Crippen LogP contribution in [-0.4, -0.2) is 11.8 Å². The van der Waals surface area contributed by atoms with Crippen LogP contribution in [0.5, 0.6) is 0 Å². The molecule has 1 aliphatic heterocycles. The van der Waals surface area contributed by atoms with Crippen molar-refractivity contribution in [3.8, 4) is 0 Å². The maximum absolute atomic E-state index is 13.3. The van der Waals surface area contributed by atoms with Gasteiger partial charge >= 0.3 is 0 Å². The Morgan fingerprint density at radius 1 is 0.929 bits per heavy atom. The van der Waals surface area contributed by atoms with Crippen LogP contribution in [0.2, 0.25) is 0 Å². The van der Waals surface area contributed by atoms with Gasteiger partial charge in [0.2, 0.25) is 0 Å². The zero-order valence-corrected chi connectivity index (χ0v) is 16.1. The van der Waals surface area contributed by atoms with Crippen LogP contribution in [0.3, 0.4) is 0 Å². The van der Waals surface area contributed by atoms with Gasteiger partial charge in [0.25, 0.3) is 11.8 Å². The Kier molecular flexibility index (Phi) is 4.57. The highest BCUT2D eigenvalue weighted by Gasteiger charge is 2.40. The van der Waals surface area contributed by atoms with Crippen LogP contribution in [-0.2, 0) is 9.59 Å². The van der Waals surface area contributed by atoms with E-state index in [-0.39, 0.29) is 5.70 Å². The number of imide groups is 1. The molecule has 0 saturated carbocycles. The van der Waals surface area contributed by atoms with E-state index in [9.17, 15) is 14.0 Å². The minimum absolute atomic E-state index is 0.227. The van der Waals surface area contributed by atoms with Crippen LogP contribution >= 0.6 is 11.3 Å². The number of nitrogens with zero attached hydrogens (tertiary/aromatic N) is 1.